The van der Waals surface area contributed by atoms with E-state index in [1.54, 1.807) is 0 Å². The minimum atomic E-state index is -4.43. The van der Waals surface area contributed by atoms with E-state index in [2.05, 4.69) is 33.9 Å². The number of piperidine rings is 1. The van der Waals surface area contributed by atoms with E-state index in [0.717, 1.165) is 38.5 Å². The summed E-state index contributed by atoms with van der Waals surface area (Å²) in [6, 6.07) is 0.915. The molecule has 0 aliphatic carbocycles. The molecule has 3 rings (SSSR count). The van der Waals surface area contributed by atoms with Gasteiger partial charge in [-0.15, -0.1) is 0 Å². The predicted molar refractivity (Wildman–Crippen MR) is 81.3 cm³/mol. The van der Waals surface area contributed by atoms with Crippen LogP contribution in [0.2, 0.25) is 0 Å². The highest BCUT2D eigenvalue weighted by Crippen LogP contribution is 2.33. The van der Waals surface area contributed by atoms with Crippen molar-refractivity contribution < 1.29 is 13.2 Å². The van der Waals surface area contributed by atoms with Crippen LogP contribution in [0.5, 0.6) is 0 Å². The molecule has 128 valence electrons. The summed E-state index contributed by atoms with van der Waals surface area (Å²) >= 11 is 0. The molecule has 0 saturated carbocycles. The zero-order valence-electron chi connectivity index (χ0n) is 13.5. The Balaban J connectivity index is 1.72. The number of hydrogen-bond donors (Lipinski definition) is 0. The molecule has 0 unspecified atom stereocenters. The van der Waals surface area contributed by atoms with E-state index in [-0.39, 0.29) is 11.5 Å². The Labute approximate surface area is 134 Å². The number of piperazine rings is 1. The molecule has 1 aromatic rings. The van der Waals surface area contributed by atoms with Crippen LogP contribution in [0, 0.1) is 0 Å². The number of likely N-dealkylation sites (N-methyl/N-ethyl adjacent to an activating group) is 2. The quantitative estimate of drug-likeness (QED) is 0.784. The van der Waals surface area contributed by atoms with Crippen molar-refractivity contribution in [3.8, 4) is 0 Å². The molecule has 0 bridgehead atoms. The molecule has 0 radical (unpaired) electrons. The fraction of sp³-hybridized carbons (Fsp3) is 0.733. The number of hydrogen-bond acceptors (Lipinski definition) is 5. The lowest BCUT2D eigenvalue weighted by Gasteiger charge is -2.52. The molecule has 0 atom stereocenters. The van der Waals surface area contributed by atoms with E-state index >= 15 is 0 Å². The van der Waals surface area contributed by atoms with Gasteiger partial charge in [-0.1, -0.05) is 0 Å². The maximum Gasteiger partial charge on any atom is 0.433 e. The number of aromatic nitrogens is 2. The van der Waals surface area contributed by atoms with Crippen LogP contribution >= 0.6 is 0 Å². The van der Waals surface area contributed by atoms with Crippen molar-refractivity contribution in [3.63, 3.8) is 0 Å². The van der Waals surface area contributed by atoms with Crippen LogP contribution in [0.3, 0.4) is 0 Å². The molecule has 2 fully saturated rings. The summed E-state index contributed by atoms with van der Waals surface area (Å²) in [6.07, 6.45) is -1.42. The van der Waals surface area contributed by atoms with Gasteiger partial charge in [-0.3, -0.25) is 4.90 Å². The average molecular weight is 329 g/mol. The van der Waals surface area contributed by atoms with Crippen LogP contribution in [-0.2, 0) is 6.18 Å². The van der Waals surface area contributed by atoms with Crippen molar-refractivity contribution in [1.29, 1.82) is 0 Å². The zero-order valence-corrected chi connectivity index (χ0v) is 13.5. The fourth-order valence-electron chi connectivity index (χ4n) is 3.58. The monoisotopic (exact) mass is 329 g/mol. The third kappa shape index (κ3) is 3.28. The van der Waals surface area contributed by atoms with E-state index in [9.17, 15) is 13.2 Å². The zero-order chi connectivity index (χ0) is 16.7. The lowest BCUT2D eigenvalue weighted by molar-refractivity contribution is -0.141. The van der Waals surface area contributed by atoms with Gasteiger partial charge in [0.05, 0.1) is 0 Å². The standard InChI is InChI=1S/C15H22F3N5/c1-21-9-10-22(2)14(11-21)4-7-23(8-5-14)13-19-6-3-12(20-13)15(16,17)18/h3,6H,4-5,7-11H2,1-2H3. The molecule has 0 amide bonds. The van der Waals surface area contributed by atoms with Crippen LogP contribution in [0.25, 0.3) is 0 Å². The van der Waals surface area contributed by atoms with E-state index in [0.29, 0.717) is 13.1 Å². The highest BCUT2D eigenvalue weighted by Gasteiger charge is 2.42. The van der Waals surface area contributed by atoms with Gasteiger partial charge in [-0.05, 0) is 33.0 Å². The summed E-state index contributed by atoms with van der Waals surface area (Å²) in [7, 11) is 4.26. The van der Waals surface area contributed by atoms with Crippen LogP contribution in [-0.4, -0.2) is 72.1 Å². The summed E-state index contributed by atoms with van der Waals surface area (Å²) in [5, 5.41) is 0. The summed E-state index contributed by atoms with van der Waals surface area (Å²) < 4.78 is 38.4. The van der Waals surface area contributed by atoms with E-state index in [4.69, 9.17) is 0 Å². The van der Waals surface area contributed by atoms with Crippen LogP contribution < -0.4 is 4.90 Å². The maximum atomic E-state index is 12.8. The number of anilines is 1. The van der Waals surface area contributed by atoms with Crippen molar-refractivity contribution in [2.75, 3.05) is 51.7 Å². The lowest BCUT2D eigenvalue weighted by atomic mass is 9.84. The molecule has 8 heteroatoms. The summed E-state index contributed by atoms with van der Waals surface area (Å²) in [4.78, 5) is 14.3. The second-order valence-electron chi connectivity index (χ2n) is 6.61. The second kappa shape index (κ2) is 5.90. The van der Waals surface area contributed by atoms with Crippen LogP contribution in [0.1, 0.15) is 18.5 Å². The van der Waals surface area contributed by atoms with Gasteiger partial charge in [0.2, 0.25) is 5.95 Å². The first-order valence-corrected chi connectivity index (χ1v) is 7.85. The molecule has 1 spiro atoms. The van der Waals surface area contributed by atoms with Gasteiger partial charge >= 0.3 is 6.18 Å². The summed E-state index contributed by atoms with van der Waals surface area (Å²) in [5.41, 5.74) is -0.761. The fourth-order valence-corrected chi connectivity index (χ4v) is 3.58. The molecule has 2 aliphatic rings. The number of alkyl halides is 3. The highest BCUT2D eigenvalue weighted by molar-refractivity contribution is 5.32. The number of halogens is 3. The molecule has 5 nitrogen and oxygen atoms in total. The Hall–Kier alpha value is -1.41. The first-order valence-electron chi connectivity index (χ1n) is 7.85. The second-order valence-corrected chi connectivity index (χ2v) is 6.61. The molecule has 23 heavy (non-hydrogen) atoms. The number of nitrogens with zero attached hydrogens (tertiary/aromatic N) is 5. The van der Waals surface area contributed by atoms with E-state index in [1.165, 1.54) is 6.20 Å². The Morgan fingerprint density at radius 1 is 1.09 bits per heavy atom. The third-order valence-electron chi connectivity index (χ3n) is 5.10. The minimum Gasteiger partial charge on any atom is -0.341 e. The van der Waals surface area contributed by atoms with Crippen molar-refractivity contribution in [3.05, 3.63) is 18.0 Å². The smallest absolute Gasteiger partial charge is 0.341 e. The molecular formula is C15H22F3N5. The minimum absolute atomic E-state index is 0.116. The van der Waals surface area contributed by atoms with Crippen molar-refractivity contribution >= 4 is 5.95 Å². The van der Waals surface area contributed by atoms with Crippen molar-refractivity contribution in [1.82, 2.24) is 19.8 Å². The van der Waals surface area contributed by atoms with Crippen molar-refractivity contribution in [2.45, 2.75) is 24.6 Å². The largest absolute Gasteiger partial charge is 0.433 e. The highest BCUT2D eigenvalue weighted by atomic mass is 19.4. The molecule has 0 N–H and O–H groups in total. The molecule has 2 saturated heterocycles. The molecule has 3 heterocycles. The average Bonchev–Trinajstić information content (AvgIpc) is 2.51. The third-order valence-corrected chi connectivity index (χ3v) is 5.10. The van der Waals surface area contributed by atoms with E-state index in [1.807, 2.05) is 4.90 Å². The summed E-state index contributed by atoms with van der Waals surface area (Å²) in [5.74, 6) is 0.182. The van der Waals surface area contributed by atoms with Crippen molar-refractivity contribution in [2.24, 2.45) is 0 Å². The molecular weight excluding hydrogens is 307 g/mol. The van der Waals surface area contributed by atoms with Gasteiger partial charge in [-0.25, -0.2) is 9.97 Å². The Morgan fingerprint density at radius 2 is 1.78 bits per heavy atom. The first-order chi connectivity index (χ1) is 10.8. The van der Waals surface area contributed by atoms with Crippen LogP contribution in [0.15, 0.2) is 12.3 Å². The topological polar surface area (TPSA) is 35.5 Å². The van der Waals surface area contributed by atoms with E-state index < -0.39 is 11.9 Å². The van der Waals surface area contributed by atoms with Crippen LogP contribution in [0.4, 0.5) is 19.1 Å². The van der Waals surface area contributed by atoms with Gasteiger partial charge in [-0.2, -0.15) is 13.2 Å². The Morgan fingerprint density at radius 3 is 2.43 bits per heavy atom. The van der Waals surface area contributed by atoms with Gasteiger partial charge in [0.25, 0.3) is 0 Å². The van der Waals surface area contributed by atoms with Gasteiger partial charge in [0.1, 0.15) is 5.69 Å². The molecule has 0 aromatic carbocycles. The maximum absolute atomic E-state index is 12.8. The van der Waals surface area contributed by atoms with Gasteiger partial charge < -0.3 is 9.80 Å². The Bertz CT molecular complexity index is 554. The van der Waals surface area contributed by atoms with Gasteiger partial charge in [0, 0.05) is 44.5 Å². The number of rotatable bonds is 1. The SMILES string of the molecule is CN1CCN(C)C2(CCN(c3nccc(C(F)(F)F)n3)CC2)C1. The Kier molecular flexibility index (Phi) is 4.22. The lowest BCUT2D eigenvalue weighted by Crippen LogP contribution is -2.63. The first kappa shape index (κ1) is 16.4. The predicted octanol–water partition coefficient (Wildman–Crippen LogP) is 1.71. The molecule has 1 aromatic heterocycles. The summed E-state index contributed by atoms with van der Waals surface area (Å²) in [6.45, 7) is 4.44. The van der Waals surface area contributed by atoms with Gasteiger partial charge in [0.15, 0.2) is 0 Å². The molecule has 2 aliphatic heterocycles. The normalized spacial score (nSPS) is 23.4.